The number of rotatable bonds is 9. The van der Waals surface area contributed by atoms with Crippen molar-refractivity contribution >= 4 is 11.6 Å². The van der Waals surface area contributed by atoms with Crippen molar-refractivity contribution < 1.29 is 9.13 Å². The van der Waals surface area contributed by atoms with Gasteiger partial charge in [-0.3, -0.25) is 0 Å². The first-order valence-electron chi connectivity index (χ1n) is 6.83. The van der Waals surface area contributed by atoms with Crippen molar-refractivity contribution in [3.05, 3.63) is 34.6 Å². The van der Waals surface area contributed by atoms with E-state index in [9.17, 15) is 4.39 Å². The highest BCUT2D eigenvalue weighted by molar-refractivity contribution is 6.31. The number of nitrogens with one attached hydrogen (secondary N) is 1. The number of hydrogen-bond acceptors (Lipinski definition) is 2. The molecule has 1 N–H and O–H groups in total. The lowest BCUT2D eigenvalue weighted by atomic mass is 10.0. The molecular weight excluding hydrogens is 265 g/mol. The Morgan fingerprint density at radius 3 is 2.84 bits per heavy atom. The average molecular weight is 288 g/mol. The van der Waals surface area contributed by atoms with Gasteiger partial charge in [-0.1, -0.05) is 24.6 Å². The second kappa shape index (κ2) is 9.29. The lowest BCUT2D eigenvalue weighted by molar-refractivity contribution is 0.188. The van der Waals surface area contributed by atoms with Crippen molar-refractivity contribution in [2.75, 3.05) is 20.3 Å². The van der Waals surface area contributed by atoms with Crippen LogP contribution in [0, 0.1) is 5.82 Å². The zero-order valence-corrected chi connectivity index (χ0v) is 12.5. The molecule has 2 nitrogen and oxygen atoms in total. The number of halogens is 2. The van der Waals surface area contributed by atoms with Crippen molar-refractivity contribution in [1.29, 1.82) is 0 Å². The summed E-state index contributed by atoms with van der Waals surface area (Å²) in [6.45, 7) is 3.89. The molecule has 0 aromatic heterocycles. The van der Waals surface area contributed by atoms with Crippen LogP contribution in [0.25, 0.3) is 0 Å². The quantitative estimate of drug-likeness (QED) is 0.697. The molecule has 0 spiro atoms. The summed E-state index contributed by atoms with van der Waals surface area (Å²) in [6, 6.07) is 4.98. The zero-order valence-electron chi connectivity index (χ0n) is 11.7. The van der Waals surface area contributed by atoms with E-state index in [2.05, 4.69) is 12.2 Å². The molecule has 0 saturated carbocycles. The summed E-state index contributed by atoms with van der Waals surface area (Å²) in [6.07, 6.45) is 3.96. The third-order valence-corrected chi connectivity index (χ3v) is 3.42. The molecule has 0 fully saturated rings. The topological polar surface area (TPSA) is 21.3 Å². The molecular formula is C15H23ClFNO. The van der Waals surface area contributed by atoms with Crippen molar-refractivity contribution in [2.45, 2.75) is 38.6 Å². The molecule has 108 valence electrons. The highest BCUT2D eigenvalue weighted by Gasteiger charge is 2.11. The van der Waals surface area contributed by atoms with Crippen molar-refractivity contribution in [2.24, 2.45) is 0 Å². The molecule has 19 heavy (non-hydrogen) atoms. The molecule has 0 bridgehead atoms. The lowest BCUT2D eigenvalue weighted by Crippen LogP contribution is -2.32. The van der Waals surface area contributed by atoms with Crippen LogP contribution in [0.5, 0.6) is 0 Å². The highest BCUT2D eigenvalue weighted by atomic mass is 35.5. The van der Waals surface area contributed by atoms with E-state index in [1.54, 1.807) is 13.2 Å². The molecule has 0 aliphatic rings. The van der Waals surface area contributed by atoms with Crippen LogP contribution in [0.15, 0.2) is 18.2 Å². The maximum Gasteiger partial charge on any atom is 0.124 e. The molecule has 0 amide bonds. The van der Waals surface area contributed by atoms with Crippen LogP contribution in [0.2, 0.25) is 5.02 Å². The number of ether oxygens (including phenoxy) is 1. The minimum atomic E-state index is -0.286. The van der Waals surface area contributed by atoms with Gasteiger partial charge in [-0.05, 0) is 49.9 Å². The first-order valence-corrected chi connectivity index (χ1v) is 7.21. The van der Waals surface area contributed by atoms with Gasteiger partial charge < -0.3 is 10.1 Å². The van der Waals surface area contributed by atoms with Gasteiger partial charge in [0.1, 0.15) is 5.82 Å². The first-order chi connectivity index (χ1) is 9.17. The standard InChI is InChI=1S/C15H23ClFNO/c1-3-8-18-14(5-4-9-19-2)10-12-6-7-13(17)11-15(12)16/h6-7,11,14,18H,3-5,8-10H2,1-2H3. The molecule has 1 aromatic carbocycles. The lowest BCUT2D eigenvalue weighted by Gasteiger charge is -2.19. The first kappa shape index (κ1) is 16.4. The third-order valence-electron chi connectivity index (χ3n) is 3.07. The van der Waals surface area contributed by atoms with Crippen molar-refractivity contribution in [1.82, 2.24) is 5.32 Å². The van der Waals surface area contributed by atoms with Gasteiger partial charge >= 0.3 is 0 Å². The van der Waals surface area contributed by atoms with Gasteiger partial charge in [0.05, 0.1) is 0 Å². The van der Waals surface area contributed by atoms with E-state index in [4.69, 9.17) is 16.3 Å². The summed E-state index contributed by atoms with van der Waals surface area (Å²) in [5.74, 6) is -0.286. The molecule has 1 unspecified atom stereocenters. The molecule has 1 rings (SSSR count). The Morgan fingerprint density at radius 1 is 1.42 bits per heavy atom. The Bertz CT molecular complexity index is 373. The van der Waals surface area contributed by atoms with Gasteiger partial charge in [-0.15, -0.1) is 0 Å². The Balaban J connectivity index is 2.58. The summed E-state index contributed by atoms with van der Waals surface area (Å²) in [7, 11) is 1.71. The Kier molecular flexibility index (Phi) is 8.03. The smallest absolute Gasteiger partial charge is 0.124 e. The SMILES string of the molecule is CCCNC(CCCOC)Cc1ccc(F)cc1Cl. The second-order valence-corrected chi connectivity index (χ2v) is 5.13. The van der Waals surface area contributed by atoms with Crippen molar-refractivity contribution in [3.8, 4) is 0 Å². The minimum Gasteiger partial charge on any atom is -0.385 e. The third kappa shape index (κ3) is 6.37. The van der Waals surface area contributed by atoms with E-state index in [1.807, 2.05) is 0 Å². The van der Waals surface area contributed by atoms with Gasteiger partial charge in [-0.2, -0.15) is 0 Å². The van der Waals surface area contributed by atoms with Gasteiger partial charge in [0.2, 0.25) is 0 Å². The van der Waals surface area contributed by atoms with Crippen LogP contribution in [-0.2, 0) is 11.2 Å². The van der Waals surface area contributed by atoms with Crippen LogP contribution in [0.3, 0.4) is 0 Å². The van der Waals surface area contributed by atoms with Crippen LogP contribution in [0.1, 0.15) is 31.7 Å². The second-order valence-electron chi connectivity index (χ2n) is 4.73. The normalized spacial score (nSPS) is 12.6. The molecule has 0 saturated heterocycles. The van der Waals surface area contributed by atoms with Crippen LogP contribution < -0.4 is 5.32 Å². The van der Waals surface area contributed by atoms with E-state index < -0.39 is 0 Å². The fourth-order valence-corrected chi connectivity index (χ4v) is 2.30. The molecule has 1 aromatic rings. The maximum atomic E-state index is 13.0. The monoisotopic (exact) mass is 287 g/mol. The Morgan fingerprint density at radius 2 is 2.21 bits per heavy atom. The number of benzene rings is 1. The fourth-order valence-electron chi connectivity index (χ4n) is 2.05. The highest BCUT2D eigenvalue weighted by Crippen LogP contribution is 2.20. The van der Waals surface area contributed by atoms with Gasteiger partial charge in [-0.25, -0.2) is 4.39 Å². The Hall–Kier alpha value is -0.640. The average Bonchev–Trinajstić information content (AvgIpc) is 2.39. The van der Waals surface area contributed by atoms with Crippen LogP contribution in [-0.4, -0.2) is 26.3 Å². The Labute approximate surface area is 120 Å². The summed E-state index contributed by atoms with van der Waals surface area (Å²) >= 11 is 6.08. The molecule has 4 heteroatoms. The van der Waals surface area contributed by atoms with Gasteiger partial charge in [0, 0.05) is 24.8 Å². The predicted molar refractivity (Wildman–Crippen MR) is 78.3 cm³/mol. The maximum absolute atomic E-state index is 13.0. The predicted octanol–water partition coefficient (Wildman–Crippen LogP) is 3.82. The zero-order chi connectivity index (χ0) is 14.1. The minimum absolute atomic E-state index is 0.286. The van der Waals surface area contributed by atoms with Crippen LogP contribution in [0.4, 0.5) is 4.39 Å². The van der Waals surface area contributed by atoms with E-state index in [0.717, 1.165) is 44.4 Å². The molecule has 0 aliphatic carbocycles. The molecule has 0 aliphatic heterocycles. The fraction of sp³-hybridized carbons (Fsp3) is 0.600. The van der Waals surface area contributed by atoms with Crippen molar-refractivity contribution in [3.63, 3.8) is 0 Å². The summed E-state index contributed by atoms with van der Waals surface area (Å²) < 4.78 is 18.1. The van der Waals surface area contributed by atoms with Crippen LogP contribution >= 0.6 is 11.6 Å². The number of hydrogen-bond donors (Lipinski definition) is 1. The summed E-state index contributed by atoms with van der Waals surface area (Å²) in [5.41, 5.74) is 0.995. The summed E-state index contributed by atoms with van der Waals surface area (Å²) in [4.78, 5) is 0. The van der Waals surface area contributed by atoms with E-state index in [0.29, 0.717) is 11.1 Å². The van der Waals surface area contributed by atoms with Gasteiger partial charge in [0.25, 0.3) is 0 Å². The largest absolute Gasteiger partial charge is 0.385 e. The molecule has 0 heterocycles. The van der Waals surface area contributed by atoms with E-state index in [1.165, 1.54) is 12.1 Å². The molecule has 1 atom stereocenters. The van der Waals surface area contributed by atoms with Gasteiger partial charge in [0.15, 0.2) is 0 Å². The number of methoxy groups -OCH3 is 1. The van der Waals surface area contributed by atoms with E-state index in [-0.39, 0.29) is 5.82 Å². The van der Waals surface area contributed by atoms with E-state index >= 15 is 0 Å². The summed E-state index contributed by atoms with van der Waals surface area (Å²) in [5, 5.41) is 4.02. The molecule has 0 radical (unpaired) electrons.